The minimum absolute atomic E-state index is 0.146. The molecular formula is C20H26O5. The van der Waals surface area contributed by atoms with E-state index in [4.69, 9.17) is 9.47 Å². The Hall–Kier alpha value is -2.01. The summed E-state index contributed by atoms with van der Waals surface area (Å²) in [6.45, 7) is 12.8. The number of epoxide rings is 1. The number of hydrogen-bond donors (Lipinski definition) is 0. The number of rotatable bonds is 6. The zero-order valence-corrected chi connectivity index (χ0v) is 15.5. The first-order chi connectivity index (χ1) is 11.6. The summed E-state index contributed by atoms with van der Waals surface area (Å²) in [5.74, 6) is -1.54. The quantitative estimate of drug-likeness (QED) is 0.320. The molecule has 0 bridgehead atoms. The van der Waals surface area contributed by atoms with E-state index in [0.29, 0.717) is 17.6 Å². The molecule has 1 saturated heterocycles. The number of esters is 1. The largest absolute Gasteiger partial charge is 0.450 e. The van der Waals surface area contributed by atoms with Crippen molar-refractivity contribution in [3.05, 3.63) is 35.5 Å². The summed E-state index contributed by atoms with van der Waals surface area (Å²) >= 11 is 0. The molecule has 0 N–H and O–H groups in total. The molecule has 0 amide bonds. The van der Waals surface area contributed by atoms with Crippen LogP contribution in [0.25, 0.3) is 0 Å². The Bertz CT molecular complexity index is 680. The SMILES string of the molecule is C=C(C(=O)CC=C(C)C)[C@@H]1C[C@@H]2O[C@]2(C)C(=O)[C@H]1OC(=O)/C(C)=C/C. The Balaban J connectivity index is 2.22. The Morgan fingerprint density at radius 2 is 2.00 bits per heavy atom. The molecule has 4 atom stereocenters. The van der Waals surface area contributed by atoms with Crippen molar-refractivity contribution in [1.82, 2.24) is 0 Å². The molecule has 1 heterocycles. The van der Waals surface area contributed by atoms with Gasteiger partial charge in [-0.05, 0) is 46.6 Å². The fourth-order valence-corrected chi connectivity index (χ4v) is 2.99. The molecular weight excluding hydrogens is 320 g/mol. The zero-order chi connectivity index (χ0) is 18.9. The lowest BCUT2D eigenvalue weighted by atomic mass is 9.75. The molecule has 0 aromatic heterocycles. The Kier molecular flexibility index (Phi) is 5.47. The van der Waals surface area contributed by atoms with Crippen molar-refractivity contribution in [1.29, 1.82) is 0 Å². The summed E-state index contributed by atoms with van der Waals surface area (Å²) in [6.07, 6.45) is 2.85. The maximum Gasteiger partial charge on any atom is 0.334 e. The minimum Gasteiger partial charge on any atom is -0.450 e. The summed E-state index contributed by atoms with van der Waals surface area (Å²) in [5, 5.41) is 0. The molecule has 2 aliphatic rings. The highest BCUT2D eigenvalue weighted by atomic mass is 16.6. The third kappa shape index (κ3) is 3.82. The van der Waals surface area contributed by atoms with Gasteiger partial charge in [-0.3, -0.25) is 9.59 Å². The van der Waals surface area contributed by atoms with E-state index in [0.717, 1.165) is 5.57 Å². The lowest BCUT2D eigenvalue weighted by Crippen LogP contribution is -2.48. The number of fused-ring (bicyclic) bond motifs is 1. The second-order valence-electron chi connectivity index (χ2n) is 7.15. The van der Waals surface area contributed by atoms with Gasteiger partial charge in [0, 0.05) is 17.9 Å². The number of allylic oxidation sites excluding steroid dienone is 3. The Morgan fingerprint density at radius 3 is 2.56 bits per heavy atom. The highest BCUT2D eigenvalue weighted by Gasteiger charge is 2.66. The van der Waals surface area contributed by atoms with Crippen molar-refractivity contribution in [3.63, 3.8) is 0 Å². The van der Waals surface area contributed by atoms with E-state index < -0.39 is 23.6 Å². The van der Waals surface area contributed by atoms with E-state index >= 15 is 0 Å². The molecule has 5 heteroatoms. The van der Waals surface area contributed by atoms with Gasteiger partial charge in [-0.15, -0.1) is 0 Å². The molecule has 25 heavy (non-hydrogen) atoms. The molecule has 2 rings (SSSR count). The normalized spacial score (nSPS) is 31.0. The van der Waals surface area contributed by atoms with Crippen LogP contribution in [0.4, 0.5) is 0 Å². The predicted octanol–water partition coefficient (Wildman–Crippen LogP) is 3.09. The van der Waals surface area contributed by atoms with Gasteiger partial charge in [-0.1, -0.05) is 24.3 Å². The molecule has 0 spiro atoms. The third-order valence-electron chi connectivity index (χ3n) is 5.02. The standard InChI is InChI=1S/C20H26O5/c1-7-12(4)19(23)24-17-14(10-16-20(6,25-16)18(17)22)13(5)15(21)9-8-11(2)3/h7-8,14,16-17H,5,9-10H2,1-4,6H3/b12-7+/t14-,16-,17-,20-/m0/s1. The second kappa shape index (κ2) is 7.08. The third-order valence-corrected chi connectivity index (χ3v) is 5.02. The van der Waals surface area contributed by atoms with Crippen molar-refractivity contribution in [2.75, 3.05) is 0 Å². The van der Waals surface area contributed by atoms with E-state index in [1.54, 1.807) is 26.8 Å². The van der Waals surface area contributed by atoms with Gasteiger partial charge in [0.1, 0.15) is 0 Å². The van der Waals surface area contributed by atoms with Gasteiger partial charge in [-0.2, -0.15) is 0 Å². The predicted molar refractivity (Wildman–Crippen MR) is 93.9 cm³/mol. The molecule has 1 aliphatic carbocycles. The van der Waals surface area contributed by atoms with Crippen LogP contribution in [0, 0.1) is 5.92 Å². The van der Waals surface area contributed by atoms with Gasteiger partial charge in [0.15, 0.2) is 17.5 Å². The number of carbonyl (C=O) groups is 3. The van der Waals surface area contributed by atoms with Crippen LogP contribution in [-0.2, 0) is 23.9 Å². The van der Waals surface area contributed by atoms with Crippen LogP contribution in [0.1, 0.15) is 47.5 Å². The Morgan fingerprint density at radius 1 is 1.36 bits per heavy atom. The van der Waals surface area contributed by atoms with Crippen LogP contribution in [0.2, 0.25) is 0 Å². The molecule has 2 fully saturated rings. The Labute approximate surface area is 148 Å². The van der Waals surface area contributed by atoms with Crippen molar-refractivity contribution in [2.24, 2.45) is 5.92 Å². The summed E-state index contributed by atoms with van der Waals surface area (Å²) in [7, 11) is 0. The van der Waals surface area contributed by atoms with Gasteiger partial charge in [0.25, 0.3) is 0 Å². The van der Waals surface area contributed by atoms with Crippen LogP contribution in [0.5, 0.6) is 0 Å². The summed E-state index contributed by atoms with van der Waals surface area (Å²) in [5.41, 5.74) is 0.858. The van der Waals surface area contributed by atoms with Gasteiger partial charge >= 0.3 is 5.97 Å². The fourth-order valence-electron chi connectivity index (χ4n) is 2.99. The highest BCUT2D eigenvalue weighted by Crippen LogP contribution is 2.49. The van der Waals surface area contributed by atoms with Crippen molar-refractivity contribution >= 4 is 17.5 Å². The lowest BCUT2D eigenvalue weighted by Gasteiger charge is -2.31. The van der Waals surface area contributed by atoms with Crippen LogP contribution in [0.3, 0.4) is 0 Å². The monoisotopic (exact) mass is 346 g/mol. The first-order valence-electron chi connectivity index (χ1n) is 8.53. The highest BCUT2D eigenvalue weighted by molar-refractivity contribution is 6.02. The average Bonchev–Trinajstić information content (AvgIpc) is 3.25. The molecule has 0 aromatic carbocycles. The molecule has 0 radical (unpaired) electrons. The average molecular weight is 346 g/mol. The number of ketones is 2. The molecule has 1 aliphatic heterocycles. The fraction of sp³-hybridized carbons (Fsp3) is 0.550. The second-order valence-corrected chi connectivity index (χ2v) is 7.15. The van der Waals surface area contributed by atoms with Gasteiger partial charge in [0.05, 0.1) is 6.10 Å². The lowest BCUT2D eigenvalue weighted by molar-refractivity contribution is -0.157. The van der Waals surface area contributed by atoms with Crippen LogP contribution >= 0.6 is 0 Å². The van der Waals surface area contributed by atoms with Crippen LogP contribution in [0.15, 0.2) is 35.5 Å². The smallest absolute Gasteiger partial charge is 0.334 e. The number of carbonyl (C=O) groups excluding carboxylic acids is 3. The van der Waals surface area contributed by atoms with Gasteiger partial charge in [-0.25, -0.2) is 4.79 Å². The molecule has 0 aromatic rings. The van der Waals surface area contributed by atoms with E-state index in [2.05, 4.69) is 6.58 Å². The van der Waals surface area contributed by atoms with Crippen LogP contribution < -0.4 is 0 Å². The minimum atomic E-state index is -1.03. The maximum atomic E-state index is 12.8. The summed E-state index contributed by atoms with van der Waals surface area (Å²) in [4.78, 5) is 37.3. The van der Waals surface area contributed by atoms with Crippen LogP contribution in [-0.4, -0.2) is 35.3 Å². The zero-order valence-electron chi connectivity index (χ0n) is 15.5. The van der Waals surface area contributed by atoms with E-state index in [1.807, 2.05) is 19.9 Å². The molecule has 1 saturated carbocycles. The van der Waals surface area contributed by atoms with Gasteiger partial charge in [0.2, 0.25) is 5.78 Å². The first kappa shape index (κ1) is 19.3. The number of hydrogen-bond acceptors (Lipinski definition) is 5. The van der Waals surface area contributed by atoms with E-state index in [1.165, 1.54) is 0 Å². The molecule has 5 nitrogen and oxygen atoms in total. The van der Waals surface area contributed by atoms with Gasteiger partial charge < -0.3 is 9.47 Å². The first-order valence-corrected chi connectivity index (χ1v) is 8.53. The van der Waals surface area contributed by atoms with E-state index in [9.17, 15) is 14.4 Å². The topological polar surface area (TPSA) is 73.0 Å². The molecule has 136 valence electrons. The van der Waals surface area contributed by atoms with E-state index in [-0.39, 0.29) is 24.1 Å². The number of ether oxygens (including phenoxy) is 2. The summed E-state index contributed by atoms with van der Waals surface area (Å²) < 4.78 is 11.0. The molecule has 0 unspecified atom stereocenters. The maximum absolute atomic E-state index is 12.8. The van der Waals surface area contributed by atoms with Crippen molar-refractivity contribution in [3.8, 4) is 0 Å². The van der Waals surface area contributed by atoms with Crippen molar-refractivity contribution in [2.45, 2.75) is 65.3 Å². The number of Topliss-reactive ketones (excluding diaryl/α,β-unsaturated/α-hetero) is 2. The summed E-state index contributed by atoms with van der Waals surface area (Å²) in [6, 6.07) is 0. The van der Waals surface area contributed by atoms with Crippen molar-refractivity contribution < 1.29 is 23.9 Å².